The van der Waals surface area contributed by atoms with E-state index in [0.717, 1.165) is 39.3 Å². The van der Waals surface area contributed by atoms with Gasteiger partial charge in [-0.1, -0.05) is 30.3 Å². The van der Waals surface area contributed by atoms with E-state index in [4.69, 9.17) is 14.2 Å². The van der Waals surface area contributed by atoms with Crippen LogP contribution in [0.5, 0.6) is 11.5 Å². The smallest absolute Gasteiger partial charge is 0.145 e. The van der Waals surface area contributed by atoms with Crippen LogP contribution >= 0.6 is 0 Å². The van der Waals surface area contributed by atoms with Gasteiger partial charge in [-0.2, -0.15) is 0 Å². The van der Waals surface area contributed by atoms with Crippen molar-refractivity contribution in [1.82, 2.24) is 4.98 Å². The van der Waals surface area contributed by atoms with Crippen LogP contribution in [0.2, 0.25) is 0 Å². The van der Waals surface area contributed by atoms with Gasteiger partial charge in [-0.25, -0.2) is 4.98 Å². The molecule has 0 aliphatic rings. The predicted octanol–water partition coefficient (Wildman–Crippen LogP) is 4.01. The van der Waals surface area contributed by atoms with Crippen molar-refractivity contribution < 1.29 is 14.2 Å². The van der Waals surface area contributed by atoms with Crippen molar-refractivity contribution in [3.63, 3.8) is 0 Å². The Labute approximate surface area is 147 Å². The second-order valence-corrected chi connectivity index (χ2v) is 5.62. The summed E-state index contributed by atoms with van der Waals surface area (Å²) in [4.78, 5) is 4.67. The molecule has 0 unspecified atom stereocenters. The number of aromatic nitrogens is 1. The Morgan fingerprint density at radius 1 is 0.920 bits per heavy atom. The van der Waals surface area contributed by atoms with Gasteiger partial charge in [0.1, 0.15) is 17.0 Å². The molecule has 130 valence electrons. The standard InChI is InChI=1S/C20H22N2O3/c1-23-13-15-11-17(16-8-6-10-19(25-3)20(16)22-15)21-12-14-7-4-5-9-18(14)24-2/h4-11H,12-13H2,1-3H3,(H,21,22). The number of rotatable bonds is 7. The first kappa shape index (κ1) is 17.0. The summed E-state index contributed by atoms with van der Waals surface area (Å²) in [6, 6.07) is 15.9. The number of hydrogen-bond acceptors (Lipinski definition) is 5. The molecule has 25 heavy (non-hydrogen) atoms. The topological polar surface area (TPSA) is 52.6 Å². The number of para-hydroxylation sites is 2. The van der Waals surface area contributed by atoms with E-state index in [-0.39, 0.29) is 0 Å². The van der Waals surface area contributed by atoms with Gasteiger partial charge in [-0.15, -0.1) is 0 Å². The zero-order valence-electron chi connectivity index (χ0n) is 14.7. The molecule has 5 heteroatoms. The normalized spacial score (nSPS) is 10.7. The van der Waals surface area contributed by atoms with Gasteiger partial charge in [-0.05, 0) is 18.2 Å². The van der Waals surface area contributed by atoms with Crippen molar-refractivity contribution in [2.24, 2.45) is 0 Å². The van der Waals surface area contributed by atoms with Gasteiger partial charge < -0.3 is 19.5 Å². The van der Waals surface area contributed by atoms with Gasteiger partial charge in [0.25, 0.3) is 0 Å². The third-order valence-corrected chi connectivity index (χ3v) is 4.03. The van der Waals surface area contributed by atoms with Crippen molar-refractivity contribution in [3.05, 3.63) is 59.8 Å². The Bertz CT molecular complexity index is 865. The van der Waals surface area contributed by atoms with E-state index in [2.05, 4.69) is 10.3 Å². The molecule has 0 spiro atoms. The monoisotopic (exact) mass is 338 g/mol. The highest BCUT2D eigenvalue weighted by Gasteiger charge is 2.11. The van der Waals surface area contributed by atoms with E-state index in [1.165, 1.54) is 0 Å². The molecule has 1 aromatic heterocycles. The summed E-state index contributed by atoms with van der Waals surface area (Å²) >= 11 is 0. The van der Waals surface area contributed by atoms with Gasteiger partial charge in [-0.3, -0.25) is 0 Å². The third-order valence-electron chi connectivity index (χ3n) is 4.03. The molecule has 5 nitrogen and oxygen atoms in total. The van der Waals surface area contributed by atoms with Crippen LogP contribution in [0.15, 0.2) is 48.5 Å². The van der Waals surface area contributed by atoms with Crippen molar-refractivity contribution in [2.75, 3.05) is 26.6 Å². The molecule has 0 amide bonds. The van der Waals surface area contributed by atoms with Gasteiger partial charge in [0.15, 0.2) is 0 Å². The summed E-state index contributed by atoms with van der Waals surface area (Å²) < 4.78 is 16.1. The van der Waals surface area contributed by atoms with E-state index < -0.39 is 0 Å². The minimum Gasteiger partial charge on any atom is -0.496 e. The van der Waals surface area contributed by atoms with E-state index in [0.29, 0.717) is 13.2 Å². The van der Waals surface area contributed by atoms with E-state index in [1.807, 2.05) is 48.5 Å². The summed E-state index contributed by atoms with van der Waals surface area (Å²) in [5, 5.41) is 4.51. The van der Waals surface area contributed by atoms with Crippen molar-refractivity contribution >= 4 is 16.6 Å². The molecule has 3 aromatic rings. The highest BCUT2D eigenvalue weighted by molar-refractivity contribution is 5.95. The zero-order chi connectivity index (χ0) is 17.6. The molecule has 0 bridgehead atoms. The maximum atomic E-state index is 5.46. The number of nitrogens with one attached hydrogen (secondary N) is 1. The summed E-state index contributed by atoms with van der Waals surface area (Å²) in [7, 11) is 5.00. The number of anilines is 1. The summed E-state index contributed by atoms with van der Waals surface area (Å²) in [5.74, 6) is 1.61. The molecule has 2 aromatic carbocycles. The SMILES string of the molecule is COCc1cc(NCc2ccccc2OC)c2cccc(OC)c2n1. The maximum Gasteiger partial charge on any atom is 0.145 e. The molecular weight excluding hydrogens is 316 g/mol. The highest BCUT2D eigenvalue weighted by atomic mass is 16.5. The zero-order valence-corrected chi connectivity index (χ0v) is 14.7. The second-order valence-electron chi connectivity index (χ2n) is 5.62. The number of ether oxygens (including phenoxy) is 3. The molecule has 0 saturated heterocycles. The highest BCUT2D eigenvalue weighted by Crippen LogP contribution is 2.31. The van der Waals surface area contributed by atoms with Crippen LogP contribution in [0.4, 0.5) is 5.69 Å². The minimum atomic E-state index is 0.442. The maximum absolute atomic E-state index is 5.46. The quantitative estimate of drug-likeness (QED) is 0.705. The molecule has 1 heterocycles. The van der Waals surface area contributed by atoms with Crippen LogP contribution < -0.4 is 14.8 Å². The predicted molar refractivity (Wildman–Crippen MR) is 99.3 cm³/mol. The van der Waals surface area contributed by atoms with Gasteiger partial charge >= 0.3 is 0 Å². The second kappa shape index (κ2) is 7.85. The van der Waals surface area contributed by atoms with Crippen molar-refractivity contribution in [2.45, 2.75) is 13.2 Å². The molecule has 0 fully saturated rings. The number of pyridine rings is 1. The van der Waals surface area contributed by atoms with Gasteiger partial charge in [0, 0.05) is 30.3 Å². The van der Waals surface area contributed by atoms with Crippen LogP contribution in [0.25, 0.3) is 10.9 Å². The lowest BCUT2D eigenvalue weighted by Crippen LogP contribution is -2.04. The van der Waals surface area contributed by atoms with E-state index in [1.54, 1.807) is 21.3 Å². The van der Waals surface area contributed by atoms with Crippen molar-refractivity contribution in [3.8, 4) is 11.5 Å². The Balaban J connectivity index is 1.99. The molecule has 3 rings (SSSR count). The molecule has 0 saturated carbocycles. The van der Waals surface area contributed by atoms with Crippen LogP contribution in [0, 0.1) is 0 Å². The lowest BCUT2D eigenvalue weighted by molar-refractivity contribution is 0.182. The largest absolute Gasteiger partial charge is 0.496 e. The fourth-order valence-electron chi connectivity index (χ4n) is 2.85. The molecule has 0 aliphatic heterocycles. The van der Waals surface area contributed by atoms with Crippen LogP contribution in [-0.2, 0) is 17.9 Å². The van der Waals surface area contributed by atoms with Crippen LogP contribution in [0.3, 0.4) is 0 Å². The first-order chi connectivity index (χ1) is 12.3. The van der Waals surface area contributed by atoms with E-state index >= 15 is 0 Å². The van der Waals surface area contributed by atoms with Crippen LogP contribution in [-0.4, -0.2) is 26.3 Å². The number of fused-ring (bicyclic) bond motifs is 1. The Morgan fingerprint density at radius 3 is 2.44 bits per heavy atom. The van der Waals surface area contributed by atoms with Gasteiger partial charge in [0.2, 0.25) is 0 Å². The lowest BCUT2D eigenvalue weighted by Gasteiger charge is -2.15. The number of benzene rings is 2. The molecule has 0 radical (unpaired) electrons. The third kappa shape index (κ3) is 3.67. The average Bonchev–Trinajstić information content (AvgIpc) is 2.66. The van der Waals surface area contributed by atoms with Gasteiger partial charge in [0.05, 0.1) is 26.5 Å². The molecule has 0 atom stereocenters. The Morgan fingerprint density at radius 2 is 1.68 bits per heavy atom. The molecular formula is C20H22N2O3. The first-order valence-corrected chi connectivity index (χ1v) is 8.08. The fraction of sp³-hybridized carbons (Fsp3) is 0.250. The Kier molecular flexibility index (Phi) is 5.36. The number of hydrogen-bond donors (Lipinski definition) is 1. The average molecular weight is 338 g/mol. The molecule has 1 N–H and O–H groups in total. The summed E-state index contributed by atoms with van der Waals surface area (Å²) in [6.07, 6.45) is 0. The summed E-state index contributed by atoms with van der Waals surface area (Å²) in [6.45, 7) is 1.09. The number of nitrogens with zero attached hydrogens (tertiary/aromatic N) is 1. The first-order valence-electron chi connectivity index (χ1n) is 8.08. The fourth-order valence-corrected chi connectivity index (χ4v) is 2.85. The lowest BCUT2D eigenvalue weighted by atomic mass is 10.1. The molecule has 0 aliphatic carbocycles. The Hall–Kier alpha value is -2.79. The van der Waals surface area contributed by atoms with E-state index in [9.17, 15) is 0 Å². The minimum absolute atomic E-state index is 0.442. The van der Waals surface area contributed by atoms with Crippen molar-refractivity contribution in [1.29, 1.82) is 0 Å². The number of methoxy groups -OCH3 is 3. The summed E-state index contributed by atoms with van der Waals surface area (Å²) in [5.41, 5.74) is 3.75. The van der Waals surface area contributed by atoms with Crippen LogP contribution in [0.1, 0.15) is 11.3 Å².